The van der Waals surface area contributed by atoms with E-state index in [0.29, 0.717) is 5.92 Å². The Morgan fingerprint density at radius 1 is 1.42 bits per heavy atom. The van der Waals surface area contributed by atoms with Gasteiger partial charge in [-0.3, -0.25) is 9.58 Å². The molecule has 1 aliphatic rings. The molecule has 1 aromatic heterocycles. The van der Waals surface area contributed by atoms with E-state index in [4.69, 9.17) is 11.6 Å². The second-order valence-corrected chi connectivity index (χ2v) is 5.68. The number of piperidine rings is 1. The Bertz CT molecular complexity index is 419. The maximum Gasteiger partial charge on any atom is 0.0863 e. The van der Waals surface area contributed by atoms with Gasteiger partial charge in [-0.25, -0.2) is 0 Å². The Morgan fingerprint density at radius 3 is 2.84 bits per heavy atom. The second kappa shape index (κ2) is 6.73. The largest absolute Gasteiger partial charge is 0.396 e. The molecule has 1 saturated heterocycles. The molecule has 1 aromatic rings. The molecule has 1 aliphatic heterocycles. The van der Waals surface area contributed by atoms with E-state index in [1.807, 2.05) is 4.68 Å². The average Bonchev–Trinajstić information content (AvgIpc) is 2.75. The number of aryl methyl sites for hydroxylation is 2. The number of hydrogen-bond donors (Lipinski definition) is 1. The fourth-order valence-corrected chi connectivity index (χ4v) is 3.15. The van der Waals surface area contributed by atoms with Crippen molar-refractivity contribution in [3.8, 4) is 0 Å². The molecule has 1 N–H and O–H groups in total. The van der Waals surface area contributed by atoms with Crippen molar-refractivity contribution in [3.63, 3.8) is 0 Å². The molecule has 2 heterocycles. The number of aromatic nitrogens is 2. The summed E-state index contributed by atoms with van der Waals surface area (Å²) in [6, 6.07) is 0. The molecule has 0 aliphatic carbocycles. The van der Waals surface area contributed by atoms with Gasteiger partial charge in [0.15, 0.2) is 0 Å². The Hall–Kier alpha value is -0.580. The molecular formula is C14H24ClN3O. The van der Waals surface area contributed by atoms with Crippen LogP contribution in [0.1, 0.15) is 38.1 Å². The van der Waals surface area contributed by atoms with Crippen molar-refractivity contribution in [2.75, 3.05) is 19.7 Å². The van der Waals surface area contributed by atoms with E-state index in [9.17, 15) is 5.11 Å². The van der Waals surface area contributed by atoms with Crippen LogP contribution in [-0.4, -0.2) is 39.5 Å². The van der Waals surface area contributed by atoms with E-state index in [-0.39, 0.29) is 6.61 Å². The summed E-state index contributed by atoms with van der Waals surface area (Å²) in [4.78, 5) is 2.39. The molecule has 0 spiro atoms. The summed E-state index contributed by atoms with van der Waals surface area (Å²) in [6.07, 6.45) is 3.16. The number of nitrogens with zero attached hydrogens (tertiary/aromatic N) is 3. The molecule has 0 amide bonds. The zero-order chi connectivity index (χ0) is 13.8. The van der Waals surface area contributed by atoms with E-state index in [1.165, 1.54) is 0 Å². The zero-order valence-corrected chi connectivity index (χ0v) is 12.7. The number of rotatable bonds is 5. The molecule has 0 aromatic carbocycles. The summed E-state index contributed by atoms with van der Waals surface area (Å²) >= 11 is 6.44. The monoisotopic (exact) mass is 285 g/mol. The molecule has 108 valence electrons. The van der Waals surface area contributed by atoms with Gasteiger partial charge in [0.1, 0.15) is 0 Å². The van der Waals surface area contributed by atoms with Crippen LogP contribution in [0.4, 0.5) is 0 Å². The van der Waals surface area contributed by atoms with Gasteiger partial charge in [-0.2, -0.15) is 5.10 Å². The van der Waals surface area contributed by atoms with Crippen LogP contribution in [0.15, 0.2) is 0 Å². The van der Waals surface area contributed by atoms with Crippen molar-refractivity contribution in [3.05, 3.63) is 16.4 Å². The quantitative estimate of drug-likeness (QED) is 0.903. The van der Waals surface area contributed by atoms with Gasteiger partial charge in [0.25, 0.3) is 0 Å². The number of aliphatic hydroxyl groups is 1. The molecule has 19 heavy (non-hydrogen) atoms. The minimum Gasteiger partial charge on any atom is -0.396 e. The van der Waals surface area contributed by atoms with Crippen LogP contribution < -0.4 is 0 Å². The maximum atomic E-state index is 9.30. The second-order valence-electron chi connectivity index (χ2n) is 5.30. The van der Waals surface area contributed by atoms with E-state index >= 15 is 0 Å². The lowest BCUT2D eigenvalue weighted by molar-refractivity contribution is 0.114. The van der Waals surface area contributed by atoms with E-state index < -0.39 is 0 Å². The molecule has 5 heteroatoms. The lowest BCUT2D eigenvalue weighted by Crippen LogP contribution is -2.36. The summed E-state index contributed by atoms with van der Waals surface area (Å²) in [5.41, 5.74) is 2.12. The predicted octanol–water partition coefficient (Wildman–Crippen LogP) is 2.32. The van der Waals surface area contributed by atoms with Gasteiger partial charge >= 0.3 is 0 Å². The van der Waals surface area contributed by atoms with Gasteiger partial charge in [0.05, 0.1) is 16.4 Å². The first-order chi connectivity index (χ1) is 9.19. The molecule has 0 saturated carbocycles. The van der Waals surface area contributed by atoms with E-state index in [2.05, 4.69) is 23.8 Å². The highest BCUT2D eigenvalue weighted by Gasteiger charge is 2.22. The Labute approximate surface area is 120 Å². The van der Waals surface area contributed by atoms with Crippen molar-refractivity contribution >= 4 is 11.6 Å². The van der Waals surface area contributed by atoms with Crippen LogP contribution in [-0.2, 0) is 19.5 Å². The van der Waals surface area contributed by atoms with E-state index in [0.717, 1.165) is 61.9 Å². The van der Waals surface area contributed by atoms with Crippen molar-refractivity contribution in [1.29, 1.82) is 0 Å². The molecule has 0 radical (unpaired) electrons. The lowest BCUT2D eigenvalue weighted by Gasteiger charge is -2.31. The van der Waals surface area contributed by atoms with Crippen molar-refractivity contribution in [1.82, 2.24) is 14.7 Å². The molecule has 2 rings (SSSR count). The minimum atomic E-state index is 0.289. The van der Waals surface area contributed by atoms with Gasteiger partial charge in [-0.15, -0.1) is 0 Å². The summed E-state index contributed by atoms with van der Waals surface area (Å²) < 4.78 is 2.02. The first-order valence-electron chi connectivity index (χ1n) is 7.26. The number of likely N-dealkylation sites (tertiary alicyclic amines) is 1. The third-order valence-electron chi connectivity index (χ3n) is 3.93. The maximum absolute atomic E-state index is 9.30. The topological polar surface area (TPSA) is 41.3 Å². The number of aliphatic hydroxyl groups excluding tert-OH is 1. The molecular weight excluding hydrogens is 262 g/mol. The van der Waals surface area contributed by atoms with Crippen LogP contribution >= 0.6 is 11.6 Å². The Morgan fingerprint density at radius 2 is 2.21 bits per heavy atom. The Balaban J connectivity index is 2.11. The van der Waals surface area contributed by atoms with Crippen LogP contribution in [0.5, 0.6) is 0 Å². The number of halogens is 1. The van der Waals surface area contributed by atoms with Crippen LogP contribution in [0, 0.1) is 5.92 Å². The fourth-order valence-electron chi connectivity index (χ4n) is 2.82. The van der Waals surface area contributed by atoms with Crippen LogP contribution in [0.25, 0.3) is 0 Å². The molecule has 1 unspecified atom stereocenters. The smallest absolute Gasteiger partial charge is 0.0863 e. The molecule has 4 nitrogen and oxygen atoms in total. The lowest BCUT2D eigenvalue weighted by atomic mass is 9.99. The predicted molar refractivity (Wildman–Crippen MR) is 77.4 cm³/mol. The number of hydrogen-bond acceptors (Lipinski definition) is 3. The van der Waals surface area contributed by atoms with E-state index in [1.54, 1.807) is 0 Å². The zero-order valence-electron chi connectivity index (χ0n) is 11.9. The van der Waals surface area contributed by atoms with Crippen molar-refractivity contribution in [2.24, 2.45) is 5.92 Å². The standard InChI is InChI=1S/C14H24ClN3O/c1-3-12-14(15)13(18(4-2)16-12)9-17-7-5-6-11(8-17)10-19/h11,19H,3-10H2,1-2H3. The fraction of sp³-hybridized carbons (Fsp3) is 0.786. The highest BCUT2D eigenvalue weighted by molar-refractivity contribution is 6.31. The molecule has 1 atom stereocenters. The van der Waals surface area contributed by atoms with Gasteiger partial charge < -0.3 is 5.11 Å². The SMILES string of the molecule is CCc1nn(CC)c(CN2CCCC(CO)C2)c1Cl. The van der Waals surface area contributed by atoms with Gasteiger partial charge in [-0.1, -0.05) is 18.5 Å². The highest BCUT2D eigenvalue weighted by Crippen LogP contribution is 2.25. The third kappa shape index (κ3) is 3.30. The minimum absolute atomic E-state index is 0.289. The summed E-state index contributed by atoms with van der Waals surface area (Å²) in [6.45, 7) is 8.21. The third-order valence-corrected chi connectivity index (χ3v) is 4.37. The summed E-state index contributed by atoms with van der Waals surface area (Å²) in [5, 5.41) is 14.7. The van der Waals surface area contributed by atoms with Gasteiger partial charge in [-0.05, 0) is 38.6 Å². The average molecular weight is 286 g/mol. The first-order valence-corrected chi connectivity index (χ1v) is 7.64. The van der Waals surface area contributed by atoms with Crippen LogP contribution in [0.2, 0.25) is 5.02 Å². The normalized spacial score (nSPS) is 20.9. The molecule has 0 bridgehead atoms. The molecule has 1 fully saturated rings. The van der Waals surface area contributed by atoms with Crippen LogP contribution in [0.3, 0.4) is 0 Å². The van der Waals surface area contributed by atoms with Crippen molar-refractivity contribution in [2.45, 2.75) is 46.2 Å². The Kier molecular flexibility index (Phi) is 5.25. The van der Waals surface area contributed by atoms with Gasteiger partial charge in [0, 0.05) is 26.2 Å². The first kappa shape index (κ1) is 14.8. The van der Waals surface area contributed by atoms with Gasteiger partial charge in [0.2, 0.25) is 0 Å². The highest BCUT2D eigenvalue weighted by atomic mass is 35.5. The summed E-state index contributed by atoms with van der Waals surface area (Å²) in [5.74, 6) is 0.413. The summed E-state index contributed by atoms with van der Waals surface area (Å²) in [7, 11) is 0. The van der Waals surface area contributed by atoms with Crippen molar-refractivity contribution < 1.29 is 5.11 Å².